The molecule has 2 aliphatic rings. The maximum absolute atomic E-state index is 12.5. The number of hydrogen-bond acceptors (Lipinski definition) is 3. The van der Waals surface area contributed by atoms with Crippen LogP contribution in [0, 0.1) is 5.92 Å². The first-order valence-corrected chi connectivity index (χ1v) is 8.29. The summed E-state index contributed by atoms with van der Waals surface area (Å²) in [5.74, 6) is 0.499. The number of carbonyl (C=O) groups is 2. The van der Waals surface area contributed by atoms with Gasteiger partial charge in [0.25, 0.3) is 0 Å². The molecule has 6 heteroatoms. The van der Waals surface area contributed by atoms with Crippen LogP contribution < -0.4 is 5.32 Å². The van der Waals surface area contributed by atoms with E-state index in [0.29, 0.717) is 18.9 Å². The van der Waals surface area contributed by atoms with Gasteiger partial charge in [-0.3, -0.25) is 14.7 Å². The lowest BCUT2D eigenvalue weighted by Crippen LogP contribution is -2.41. The van der Waals surface area contributed by atoms with Crippen molar-refractivity contribution < 1.29 is 9.59 Å². The van der Waals surface area contributed by atoms with Crippen molar-refractivity contribution in [3.05, 3.63) is 18.0 Å². The third-order valence-electron chi connectivity index (χ3n) is 4.73. The van der Waals surface area contributed by atoms with E-state index in [2.05, 4.69) is 15.5 Å². The van der Waals surface area contributed by atoms with Crippen molar-refractivity contribution in [3.63, 3.8) is 0 Å². The van der Waals surface area contributed by atoms with Gasteiger partial charge >= 0.3 is 0 Å². The van der Waals surface area contributed by atoms with Crippen LogP contribution in [0.1, 0.15) is 44.2 Å². The van der Waals surface area contributed by atoms with Crippen molar-refractivity contribution in [3.8, 4) is 0 Å². The van der Waals surface area contributed by atoms with Gasteiger partial charge in [-0.25, -0.2) is 0 Å². The fourth-order valence-corrected chi connectivity index (χ4v) is 3.52. The van der Waals surface area contributed by atoms with Crippen LogP contribution in [-0.2, 0) is 16.0 Å². The minimum absolute atomic E-state index is 0.0128. The van der Waals surface area contributed by atoms with Crippen molar-refractivity contribution in [1.82, 2.24) is 20.4 Å². The highest BCUT2D eigenvalue weighted by atomic mass is 16.2. The molecule has 1 aliphatic heterocycles. The zero-order chi connectivity index (χ0) is 15.4. The Kier molecular flexibility index (Phi) is 4.75. The van der Waals surface area contributed by atoms with Crippen LogP contribution in [0.4, 0.5) is 0 Å². The van der Waals surface area contributed by atoms with Crippen LogP contribution in [0.2, 0.25) is 0 Å². The van der Waals surface area contributed by atoms with Crippen LogP contribution in [0.3, 0.4) is 0 Å². The summed E-state index contributed by atoms with van der Waals surface area (Å²) in [4.78, 5) is 26.4. The number of amides is 2. The third kappa shape index (κ3) is 3.67. The number of likely N-dealkylation sites (tertiary alicyclic amines) is 1. The molecule has 1 atom stereocenters. The van der Waals surface area contributed by atoms with Gasteiger partial charge in [-0.2, -0.15) is 5.10 Å². The molecule has 1 aromatic heterocycles. The van der Waals surface area contributed by atoms with Crippen LogP contribution in [0.15, 0.2) is 12.3 Å². The van der Waals surface area contributed by atoms with Gasteiger partial charge < -0.3 is 10.2 Å². The van der Waals surface area contributed by atoms with Crippen LogP contribution in [-0.4, -0.2) is 46.0 Å². The van der Waals surface area contributed by atoms with Gasteiger partial charge in [0.05, 0.1) is 6.42 Å². The van der Waals surface area contributed by atoms with E-state index in [0.717, 1.165) is 31.5 Å². The van der Waals surface area contributed by atoms with Gasteiger partial charge in [-0.05, 0) is 25.3 Å². The standard InChI is InChI=1S/C16H24N4O2/c21-15(10-13-6-8-17-19-13)18-14-7-9-20(11-14)16(22)12-4-2-1-3-5-12/h6,8,12,14H,1-5,7,9-11H2,(H,17,19)(H,18,21). The molecule has 6 nitrogen and oxygen atoms in total. The molecule has 1 unspecified atom stereocenters. The molecule has 0 bridgehead atoms. The quantitative estimate of drug-likeness (QED) is 0.879. The minimum Gasteiger partial charge on any atom is -0.351 e. The van der Waals surface area contributed by atoms with Crippen molar-refractivity contribution in [1.29, 1.82) is 0 Å². The molecule has 2 N–H and O–H groups in total. The van der Waals surface area contributed by atoms with Crippen LogP contribution in [0.25, 0.3) is 0 Å². The molecule has 1 aromatic rings. The first-order chi connectivity index (χ1) is 10.7. The largest absolute Gasteiger partial charge is 0.351 e. The lowest BCUT2D eigenvalue weighted by Gasteiger charge is -2.26. The van der Waals surface area contributed by atoms with Crippen molar-refractivity contribution in [2.75, 3.05) is 13.1 Å². The Balaban J connectivity index is 1.45. The Labute approximate surface area is 130 Å². The number of H-pyrrole nitrogens is 1. The number of nitrogens with zero attached hydrogens (tertiary/aromatic N) is 2. The zero-order valence-electron chi connectivity index (χ0n) is 12.9. The topological polar surface area (TPSA) is 78.1 Å². The molecule has 22 heavy (non-hydrogen) atoms. The smallest absolute Gasteiger partial charge is 0.226 e. The molecule has 2 fully saturated rings. The predicted octanol–water partition coefficient (Wildman–Crippen LogP) is 1.25. The zero-order valence-corrected chi connectivity index (χ0v) is 12.9. The molecule has 120 valence electrons. The number of hydrogen-bond donors (Lipinski definition) is 2. The van der Waals surface area contributed by atoms with E-state index >= 15 is 0 Å². The fourth-order valence-electron chi connectivity index (χ4n) is 3.52. The highest BCUT2D eigenvalue weighted by molar-refractivity contribution is 5.80. The second kappa shape index (κ2) is 6.94. The van der Waals surface area contributed by atoms with E-state index < -0.39 is 0 Å². The summed E-state index contributed by atoms with van der Waals surface area (Å²) in [6.07, 6.45) is 8.49. The number of nitrogens with one attached hydrogen (secondary N) is 2. The van der Waals surface area contributed by atoms with Gasteiger partial charge in [0.1, 0.15) is 0 Å². The second-order valence-corrected chi connectivity index (χ2v) is 6.43. The Hall–Kier alpha value is -1.85. The van der Waals surface area contributed by atoms with Crippen LogP contribution >= 0.6 is 0 Å². The van der Waals surface area contributed by atoms with E-state index in [1.165, 1.54) is 19.3 Å². The predicted molar refractivity (Wildman–Crippen MR) is 82.0 cm³/mol. The Bertz CT molecular complexity index is 508. The van der Waals surface area contributed by atoms with Crippen molar-refractivity contribution >= 4 is 11.8 Å². The number of rotatable bonds is 4. The first kappa shape index (κ1) is 15.1. The second-order valence-electron chi connectivity index (χ2n) is 6.43. The monoisotopic (exact) mass is 304 g/mol. The van der Waals surface area contributed by atoms with Gasteiger partial charge in [0, 0.05) is 36.9 Å². The molecule has 0 radical (unpaired) electrons. The van der Waals surface area contributed by atoms with E-state index in [1.54, 1.807) is 12.3 Å². The van der Waals surface area contributed by atoms with E-state index in [-0.39, 0.29) is 17.9 Å². The Morgan fingerprint density at radius 3 is 2.82 bits per heavy atom. The van der Waals surface area contributed by atoms with Gasteiger partial charge in [-0.1, -0.05) is 19.3 Å². The minimum atomic E-state index is -0.0128. The van der Waals surface area contributed by atoms with E-state index in [4.69, 9.17) is 0 Å². The first-order valence-electron chi connectivity index (χ1n) is 8.29. The third-order valence-corrected chi connectivity index (χ3v) is 4.73. The molecule has 0 aromatic carbocycles. The highest BCUT2D eigenvalue weighted by Gasteiger charge is 2.31. The summed E-state index contributed by atoms with van der Waals surface area (Å²) >= 11 is 0. The van der Waals surface area contributed by atoms with E-state index in [1.807, 2.05) is 4.90 Å². The maximum atomic E-state index is 12.5. The summed E-state index contributed by atoms with van der Waals surface area (Å²) < 4.78 is 0. The molecule has 2 heterocycles. The van der Waals surface area contributed by atoms with E-state index in [9.17, 15) is 9.59 Å². The summed E-state index contributed by atoms with van der Waals surface area (Å²) in [7, 11) is 0. The normalized spacial score (nSPS) is 22.7. The SMILES string of the molecule is O=C(Cc1ccn[nH]1)NC1CCN(C(=O)C2CCCCC2)C1. The van der Waals surface area contributed by atoms with Crippen molar-refractivity contribution in [2.24, 2.45) is 5.92 Å². The lowest BCUT2D eigenvalue weighted by molar-refractivity contribution is -0.135. The summed E-state index contributed by atoms with van der Waals surface area (Å²) in [5, 5.41) is 9.65. The van der Waals surface area contributed by atoms with Gasteiger partial charge in [0.15, 0.2) is 0 Å². The maximum Gasteiger partial charge on any atom is 0.226 e. The fraction of sp³-hybridized carbons (Fsp3) is 0.688. The van der Waals surface area contributed by atoms with Gasteiger partial charge in [0.2, 0.25) is 11.8 Å². The summed E-state index contributed by atoms with van der Waals surface area (Å²) in [5.41, 5.74) is 0.811. The molecular formula is C16H24N4O2. The average Bonchev–Trinajstić information content (AvgIpc) is 3.19. The highest BCUT2D eigenvalue weighted by Crippen LogP contribution is 2.26. The average molecular weight is 304 g/mol. The summed E-state index contributed by atoms with van der Waals surface area (Å²) in [6.45, 7) is 1.42. The Morgan fingerprint density at radius 2 is 2.09 bits per heavy atom. The number of carbonyl (C=O) groups excluding carboxylic acids is 2. The molecule has 1 saturated carbocycles. The molecule has 0 spiro atoms. The van der Waals surface area contributed by atoms with Crippen molar-refractivity contribution in [2.45, 2.75) is 51.0 Å². The van der Waals surface area contributed by atoms with Gasteiger partial charge in [-0.15, -0.1) is 0 Å². The summed E-state index contributed by atoms with van der Waals surface area (Å²) in [6, 6.07) is 1.88. The lowest BCUT2D eigenvalue weighted by atomic mass is 9.88. The molecule has 3 rings (SSSR count). The molecular weight excluding hydrogens is 280 g/mol. The number of aromatic nitrogens is 2. The Morgan fingerprint density at radius 1 is 1.27 bits per heavy atom. The van der Waals surface area contributed by atoms with Crippen LogP contribution in [0.5, 0.6) is 0 Å². The molecule has 2 amide bonds. The number of aromatic amines is 1. The molecule has 1 saturated heterocycles. The molecule has 1 aliphatic carbocycles.